The van der Waals surface area contributed by atoms with Crippen LogP contribution in [-0.4, -0.2) is 57.5 Å². The van der Waals surface area contributed by atoms with Crippen molar-refractivity contribution in [2.45, 2.75) is 20.0 Å². The summed E-state index contributed by atoms with van der Waals surface area (Å²) < 4.78 is 0. The number of aromatic nitrogens is 2. The molecule has 0 bridgehead atoms. The number of hydrogen-bond acceptors (Lipinski definition) is 4. The molecule has 0 aliphatic carbocycles. The number of aliphatic hydroxyl groups excluding tert-OH is 1. The first kappa shape index (κ1) is 17.2. The number of nitrogens with one attached hydrogen (secondary N) is 1. The van der Waals surface area contributed by atoms with Gasteiger partial charge in [-0.15, -0.1) is 0 Å². The number of amides is 1. The van der Waals surface area contributed by atoms with Gasteiger partial charge in [0.1, 0.15) is 5.82 Å². The minimum atomic E-state index is -0.0543. The lowest BCUT2D eigenvalue weighted by Gasteiger charge is -2.24. The SMILES string of the molecule is Cc1ncc(CN(CCO)C(=O)CN(C)Cc2ccccc2)[nH]1. The fraction of sp³-hybridized carbons (Fsp3) is 0.412. The second-order valence-corrected chi connectivity index (χ2v) is 5.69. The van der Waals surface area contributed by atoms with Crippen molar-refractivity contribution < 1.29 is 9.90 Å². The number of benzene rings is 1. The summed E-state index contributed by atoms with van der Waals surface area (Å²) in [6.45, 7) is 3.58. The van der Waals surface area contributed by atoms with E-state index in [0.717, 1.165) is 11.5 Å². The van der Waals surface area contributed by atoms with E-state index >= 15 is 0 Å². The van der Waals surface area contributed by atoms with Crippen molar-refractivity contribution in [1.29, 1.82) is 0 Å². The van der Waals surface area contributed by atoms with Gasteiger partial charge in [0.05, 0.1) is 31.6 Å². The average molecular weight is 316 g/mol. The Bertz CT molecular complexity index is 612. The fourth-order valence-electron chi connectivity index (χ4n) is 2.45. The molecule has 0 aliphatic heterocycles. The van der Waals surface area contributed by atoms with Crippen molar-refractivity contribution in [2.24, 2.45) is 0 Å². The summed E-state index contributed by atoms with van der Waals surface area (Å²) in [4.78, 5) is 23.4. The first-order valence-corrected chi connectivity index (χ1v) is 7.70. The van der Waals surface area contributed by atoms with Gasteiger partial charge < -0.3 is 15.0 Å². The minimum absolute atomic E-state index is 0.00951. The molecule has 2 rings (SSSR count). The van der Waals surface area contributed by atoms with Gasteiger partial charge in [0.2, 0.25) is 5.91 Å². The highest BCUT2D eigenvalue weighted by Gasteiger charge is 2.16. The summed E-state index contributed by atoms with van der Waals surface area (Å²) in [5.41, 5.74) is 2.04. The molecule has 0 spiro atoms. The van der Waals surface area contributed by atoms with E-state index in [2.05, 4.69) is 9.97 Å². The lowest BCUT2D eigenvalue weighted by atomic mass is 10.2. The number of aryl methyl sites for hydroxylation is 1. The van der Waals surface area contributed by atoms with Crippen LogP contribution in [0.1, 0.15) is 17.1 Å². The molecule has 124 valence electrons. The largest absolute Gasteiger partial charge is 0.395 e. The molecule has 0 unspecified atom stereocenters. The highest BCUT2D eigenvalue weighted by molar-refractivity contribution is 5.78. The highest BCUT2D eigenvalue weighted by Crippen LogP contribution is 2.06. The van der Waals surface area contributed by atoms with Gasteiger partial charge >= 0.3 is 0 Å². The third-order valence-electron chi connectivity index (χ3n) is 3.54. The first-order valence-electron chi connectivity index (χ1n) is 7.70. The quantitative estimate of drug-likeness (QED) is 0.767. The van der Waals surface area contributed by atoms with E-state index in [0.29, 0.717) is 26.2 Å². The summed E-state index contributed by atoms with van der Waals surface area (Å²) in [7, 11) is 1.92. The van der Waals surface area contributed by atoms with Crippen molar-refractivity contribution in [2.75, 3.05) is 26.7 Å². The van der Waals surface area contributed by atoms with Gasteiger partial charge in [0.15, 0.2) is 0 Å². The van der Waals surface area contributed by atoms with E-state index in [1.165, 1.54) is 5.56 Å². The van der Waals surface area contributed by atoms with Crippen molar-refractivity contribution >= 4 is 5.91 Å². The molecule has 0 saturated carbocycles. The summed E-state index contributed by atoms with van der Waals surface area (Å²) in [5, 5.41) is 9.20. The third-order valence-corrected chi connectivity index (χ3v) is 3.54. The molecule has 2 N–H and O–H groups in total. The topological polar surface area (TPSA) is 72.5 Å². The van der Waals surface area contributed by atoms with Gasteiger partial charge in [-0.25, -0.2) is 4.98 Å². The van der Waals surface area contributed by atoms with E-state index in [4.69, 9.17) is 0 Å². The predicted molar refractivity (Wildman–Crippen MR) is 88.6 cm³/mol. The van der Waals surface area contributed by atoms with Crippen LogP contribution in [0.4, 0.5) is 0 Å². The lowest BCUT2D eigenvalue weighted by Crippen LogP contribution is -2.40. The Morgan fingerprint density at radius 1 is 1.26 bits per heavy atom. The molecule has 0 saturated heterocycles. The summed E-state index contributed by atoms with van der Waals surface area (Å²) >= 11 is 0. The fourth-order valence-corrected chi connectivity index (χ4v) is 2.45. The van der Waals surface area contributed by atoms with Crippen LogP contribution in [0, 0.1) is 6.92 Å². The van der Waals surface area contributed by atoms with E-state index in [1.807, 2.05) is 49.2 Å². The number of nitrogens with zero attached hydrogens (tertiary/aromatic N) is 3. The number of imidazole rings is 1. The zero-order valence-electron chi connectivity index (χ0n) is 13.7. The van der Waals surface area contributed by atoms with Gasteiger partial charge in [-0.1, -0.05) is 30.3 Å². The van der Waals surface area contributed by atoms with Crippen molar-refractivity contribution in [3.8, 4) is 0 Å². The van der Waals surface area contributed by atoms with Crippen LogP contribution < -0.4 is 0 Å². The molecule has 0 atom stereocenters. The third kappa shape index (κ3) is 5.50. The second-order valence-electron chi connectivity index (χ2n) is 5.69. The molecule has 23 heavy (non-hydrogen) atoms. The Hall–Kier alpha value is -2.18. The van der Waals surface area contributed by atoms with Crippen LogP contribution in [0.25, 0.3) is 0 Å². The van der Waals surface area contributed by atoms with Gasteiger partial charge in [-0.05, 0) is 19.5 Å². The van der Waals surface area contributed by atoms with E-state index in [1.54, 1.807) is 11.1 Å². The Labute approximate surface area is 136 Å². The molecule has 2 aromatic rings. The standard InChI is InChI=1S/C17H24N4O2/c1-14-18-10-16(19-14)12-21(8-9-22)17(23)13-20(2)11-15-6-4-3-5-7-15/h3-7,10,22H,8-9,11-13H2,1-2H3,(H,18,19). The highest BCUT2D eigenvalue weighted by atomic mass is 16.3. The van der Waals surface area contributed by atoms with Crippen LogP contribution in [-0.2, 0) is 17.9 Å². The molecule has 1 heterocycles. The Balaban J connectivity index is 1.91. The van der Waals surface area contributed by atoms with Gasteiger partial charge in [-0.3, -0.25) is 9.69 Å². The molecule has 1 aromatic carbocycles. The molecule has 1 amide bonds. The van der Waals surface area contributed by atoms with E-state index in [9.17, 15) is 9.90 Å². The zero-order valence-corrected chi connectivity index (χ0v) is 13.7. The molecule has 0 fully saturated rings. The monoisotopic (exact) mass is 316 g/mol. The number of H-pyrrole nitrogens is 1. The number of aliphatic hydroxyl groups is 1. The maximum Gasteiger partial charge on any atom is 0.237 e. The van der Waals surface area contributed by atoms with Crippen LogP contribution >= 0.6 is 0 Å². The predicted octanol–water partition coefficient (Wildman–Crippen LogP) is 1.17. The number of aromatic amines is 1. The zero-order chi connectivity index (χ0) is 16.7. The number of likely N-dealkylation sites (N-methyl/N-ethyl adjacent to an activating group) is 1. The van der Waals surface area contributed by atoms with Crippen LogP contribution in [0.3, 0.4) is 0 Å². The molecule has 0 radical (unpaired) electrons. The molecular weight excluding hydrogens is 292 g/mol. The summed E-state index contributed by atoms with van der Waals surface area (Å²) in [6.07, 6.45) is 1.72. The molecule has 0 aliphatic rings. The van der Waals surface area contributed by atoms with Crippen LogP contribution in [0.5, 0.6) is 0 Å². The molecular formula is C17H24N4O2. The average Bonchev–Trinajstić information content (AvgIpc) is 2.93. The number of rotatable bonds is 8. The Kier molecular flexibility index (Phi) is 6.31. The first-order chi connectivity index (χ1) is 11.1. The second kappa shape index (κ2) is 8.45. The Morgan fingerprint density at radius 3 is 2.61 bits per heavy atom. The van der Waals surface area contributed by atoms with E-state index in [-0.39, 0.29) is 12.5 Å². The Morgan fingerprint density at radius 2 is 2.00 bits per heavy atom. The van der Waals surface area contributed by atoms with Crippen molar-refractivity contribution in [3.05, 3.63) is 53.6 Å². The maximum atomic E-state index is 12.5. The molecule has 6 heteroatoms. The maximum absolute atomic E-state index is 12.5. The van der Waals surface area contributed by atoms with Gasteiger partial charge in [-0.2, -0.15) is 0 Å². The van der Waals surface area contributed by atoms with Gasteiger partial charge in [0, 0.05) is 13.1 Å². The van der Waals surface area contributed by atoms with E-state index < -0.39 is 0 Å². The number of carbonyl (C=O) groups excluding carboxylic acids is 1. The smallest absolute Gasteiger partial charge is 0.237 e. The van der Waals surface area contributed by atoms with Gasteiger partial charge in [0.25, 0.3) is 0 Å². The number of hydrogen-bond donors (Lipinski definition) is 2. The number of carbonyl (C=O) groups is 1. The van der Waals surface area contributed by atoms with Crippen molar-refractivity contribution in [1.82, 2.24) is 19.8 Å². The van der Waals surface area contributed by atoms with Crippen molar-refractivity contribution in [3.63, 3.8) is 0 Å². The summed E-state index contributed by atoms with van der Waals surface area (Å²) in [5.74, 6) is 0.808. The molecule has 1 aromatic heterocycles. The molecule has 6 nitrogen and oxygen atoms in total. The van der Waals surface area contributed by atoms with Crippen LogP contribution in [0.15, 0.2) is 36.5 Å². The van der Waals surface area contributed by atoms with Crippen LogP contribution in [0.2, 0.25) is 0 Å². The normalized spacial score (nSPS) is 11.0. The minimum Gasteiger partial charge on any atom is -0.395 e. The summed E-state index contributed by atoms with van der Waals surface area (Å²) in [6, 6.07) is 10.0. The lowest BCUT2D eigenvalue weighted by molar-refractivity contribution is -0.133.